The lowest BCUT2D eigenvalue weighted by Crippen LogP contribution is -2.28. The third kappa shape index (κ3) is 3.12. The van der Waals surface area contributed by atoms with Crippen LogP contribution in [0.5, 0.6) is 0 Å². The molecule has 2 aliphatic rings. The predicted molar refractivity (Wildman–Crippen MR) is 81.8 cm³/mol. The molecule has 2 unspecified atom stereocenters. The van der Waals surface area contributed by atoms with Gasteiger partial charge in [0.05, 0.1) is 4.88 Å². The minimum atomic E-state index is -0.769. The van der Waals surface area contributed by atoms with Crippen LogP contribution in [0.25, 0.3) is 0 Å². The molecule has 0 aromatic carbocycles. The van der Waals surface area contributed by atoms with Gasteiger partial charge in [0.1, 0.15) is 0 Å². The first kappa shape index (κ1) is 14.6. The lowest BCUT2D eigenvalue weighted by Gasteiger charge is -2.16. The summed E-state index contributed by atoms with van der Waals surface area (Å²) in [5.74, 6) is 0.146. The fraction of sp³-hybridized carbons (Fsp3) is 0.625. The highest BCUT2D eigenvalue weighted by Crippen LogP contribution is 2.33. The molecule has 5 heteroatoms. The summed E-state index contributed by atoms with van der Waals surface area (Å²) in [6.07, 6.45) is 4.37. The van der Waals surface area contributed by atoms with E-state index in [4.69, 9.17) is 5.11 Å². The normalized spacial score (nSPS) is 24.9. The van der Waals surface area contributed by atoms with Gasteiger partial charge in [0, 0.05) is 24.4 Å². The van der Waals surface area contributed by atoms with Crippen molar-refractivity contribution in [1.82, 2.24) is 4.90 Å². The van der Waals surface area contributed by atoms with Crippen LogP contribution in [0.15, 0.2) is 6.07 Å². The van der Waals surface area contributed by atoms with Crippen LogP contribution in [0.4, 0.5) is 0 Å². The van der Waals surface area contributed by atoms with E-state index in [1.165, 1.54) is 16.9 Å². The molecule has 0 saturated carbocycles. The van der Waals surface area contributed by atoms with Gasteiger partial charge in [-0.15, -0.1) is 11.3 Å². The predicted octanol–water partition coefficient (Wildman–Crippen LogP) is 2.81. The number of fused-ring (bicyclic) bond motifs is 1. The molecule has 1 aliphatic carbocycles. The van der Waals surface area contributed by atoms with Gasteiger partial charge in [0.2, 0.25) is 0 Å². The molecule has 0 radical (unpaired) electrons. The number of rotatable bonds is 3. The van der Waals surface area contributed by atoms with E-state index in [1.807, 2.05) is 4.90 Å². The largest absolute Gasteiger partial charge is 0.481 e. The van der Waals surface area contributed by atoms with Crippen molar-refractivity contribution in [2.24, 2.45) is 11.8 Å². The standard InChI is InChI=1S/C16H21NO3S/c1-10-2-3-13-12(6-10)8-14(21-13)16(20)17-5-4-11(9-17)7-15(18)19/h8,10-11H,2-7,9H2,1H3,(H,18,19). The average molecular weight is 307 g/mol. The second-order valence-electron chi connectivity index (χ2n) is 6.41. The second kappa shape index (κ2) is 5.79. The Morgan fingerprint density at radius 3 is 3.00 bits per heavy atom. The molecule has 3 rings (SSSR count). The summed E-state index contributed by atoms with van der Waals surface area (Å²) in [5.41, 5.74) is 1.35. The Balaban J connectivity index is 1.68. The first-order valence-electron chi connectivity index (χ1n) is 7.65. The van der Waals surface area contributed by atoms with Crippen LogP contribution in [0, 0.1) is 11.8 Å². The van der Waals surface area contributed by atoms with E-state index in [-0.39, 0.29) is 18.2 Å². The monoisotopic (exact) mass is 307 g/mol. The van der Waals surface area contributed by atoms with Crippen molar-refractivity contribution in [3.63, 3.8) is 0 Å². The Kier molecular flexibility index (Phi) is 4.02. The third-order valence-corrected chi connectivity index (χ3v) is 5.80. The van der Waals surface area contributed by atoms with E-state index in [2.05, 4.69) is 13.0 Å². The third-order valence-electron chi connectivity index (χ3n) is 4.58. The van der Waals surface area contributed by atoms with Crippen molar-refractivity contribution in [2.45, 2.75) is 39.0 Å². The van der Waals surface area contributed by atoms with Crippen LogP contribution >= 0.6 is 11.3 Å². The summed E-state index contributed by atoms with van der Waals surface area (Å²) in [7, 11) is 0. The number of likely N-dealkylation sites (tertiary alicyclic amines) is 1. The van der Waals surface area contributed by atoms with Crippen LogP contribution in [-0.2, 0) is 17.6 Å². The first-order chi connectivity index (χ1) is 10.0. The zero-order chi connectivity index (χ0) is 15.0. The number of carboxylic acid groups (broad SMARTS) is 1. The van der Waals surface area contributed by atoms with Crippen LogP contribution in [-0.4, -0.2) is 35.0 Å². The molecule has 21 heavy (non-hydrogen) atoms. The van der Waals surface area contributed by atoms with Gasteiger partial charge in [-0.3, -0.25) is 9.59 Å². The second-order valence-corrected chi connectivity index (χ2v) is 7.55. The Bertz CT molecular complexity index is 566. The van der Waals surface area contributed by atoms with Crippen molar-refractivity contribution in [3.8, 4) is 0 Å². The van der Waals surface area contributed by atoms with Gasteiger partial charge >= 0.3 is 5.97 Å². The summed E-state index contributed by atoms with van der Waals surface area (Å²) in [4.78, 5) is 27.4. The molecule has 2 heterocycles. The molecule has 114 valence electrons. The highest BCUT2D eigenvalue weighted by atomic mass is 32.1. The molecule has 4 nitrogen and oxygen atoms in total. The van der Waals surface area contributed by atoms with Crippen molar-refractivity contribution in [2.75, 3.05) is 13.1 Å². The molecular weight excluding hydrogens is 286 g/mol. The molecule has 1 amide bonds. The maximum atomic E-state index is 12.6. The molecular formula is C16H21NO3S. The Hall–Kier alpha value is -1.36. The summed E-state index contributed by atoms with van der Waals surface area (Å²) < 4.78 is 0. The van der Waals surface area contributed by atoms with Crippen molar-refractivity contribution >= 4 is 23.2 Å². The SMILES string of the molecule is CC1CCc2sc(C(=O)N3CCC(CC(=O)O)C3)cc2C1. The van der Waals surface area contributed by atoms with Crippen molar-refractivity contribution in [1.29, 1.82) is 0 Å². The van der Waals surface area contributed by atoms with Crippen LogP contribution in [0.3, 0.4) is 0 Å². The molecule has 1 aromatic rings. The molecule has 1 fully saturated rings. The average Bonchev–Trinajstić information content (AvgIpc) is 3.03. The first-order valence-corrected chi connectivity index (χ1v) is 8.47. The van der Waals surface area contributed by atoms with Gasteiger partial charge in [0.25, 0.3) is 5.91 Å². The number of thiophene rings is 1. The van der Waals surface area contributed by atoms with Crippen LogP contribution < -0.4 is 0 Å². The van der Waals surface area contributed by atoms with Crippen molar-refractivity contribution in [3.05, 3.63) is 21.4 Å². The Morgan fingerprint density at radius 2 is 2.24 bits per heavy atom. The molecule has 1 aliphatic heterocycles. The van der Waals surface area contributed by atoms with Crippen LogP contribution in [0.1, 0.15) is 46.3 Å². The minimum absolute atomic E-state index is 0.0925. The quantitative estimate of drug-likeness (QED) is 0.934. The zero-order valence-electron chi connectivity index (χ0n) is 12.3. The van der Waals surface area contributed by atoms with Gasteiger partial charge in [-0.05, 0) is 49.1 Å². The lowest BCUT2D eigenvalue weighted by molar-refractivity contribution is -0.138. The highest BCUT2D eigenvalue weighted by Gasteiger charge is 2.30. The van der Waals surface area contributed by atoms with E-state index >= 15 is 0 Å². The number of amides is 1. The summed E-state index contributed by atoms with van der Waals surface area (Å²) in [5, 5.41) is 8.85. The zero-order valence-corrected chi connectivity index (χ0v) is 13.1. The number of carbonyl (C=O) groups is 2. The maximum Gasteiger partial charge on any atom is 0.303 e. The lowest BCUT2D eigenvalue weighted by atomic mass is 9.90. The highest BCUT2D eigenvalue weighted by molar-refractivity contribution is 7.14. The van der Waals surface area contributed by atoms with E-state index in [0.29, 0.717) is 19.0 Å². The number of nitrogens with zero attached hydrogens (tertiary/aromatic N) is 1. The van der Waals surface area contributed by atoms with E-state index in [0.717, 1.165) is 24.1 Å². The van der Waals surface area contributed by atoms with Gasteiger partial charge in [-0.2, -0.15) is 0 Å². The molecule has 1 aromatic heterocycles. The number of hydrogen-bond acceptors (Lipinski definition) is 3. The van der Waals surface area contributed by atoms with Gasteiger partial charge < -0.3 is 10.0 Å². The topological polar surface area (TPSA) is 57.6 Å². The fourth-order valence-electron chi connectivity index (χ4n) is 3.40. The smallest absolute Gasteiger partial charge is 0.303 e. The fourth-order valence-corrected chi connectivity index (χ4v) is 4.57. The number of aliphatic carboxylic acids is 1. The van der Waals surface area contributed by atoms with E-state index in [1.54, 1.807) is 11.3 Å². The number of hydrogen-bond donors (Lipinski definition) is 1. The molecule has 0 bridgehead atoms. The van der Waals surface area contributed by atoms with E-state index in [9.17, 15) is 9.59 Å². The molecule has 0 spiro atoms. The summed E-state index contributed by atoms with van der Waals surface area (Å²) in [6, 6.07) is 2.07. The summed E-state index contributed by atoms with van der Waals surface area (Å²) in [6.45, 7) is 3.54. The number of carbonyl (C=O) groups excluding carboxylic acids is 1. The minimum Gasteiger partial charge on any atom is -0.481 e. The van der Waals surface area contributed by atoms with Crippen molar-refractivity contribution < 1.29 is 14.7 Å². The van der Waals surface area contributed by atoms with Gasteiger partial charge in [0.15, 0.2) is 0 Å². The van der Waals surface area contributed by atoms with Gasteiger partial charge in [-0.25, -0.2) is 0 Å². The van der Waals surface area contributed by atoms with Gasteiger partial charge in [-0.1, -0.05) is 6.92 Å². The summed E-state index contributed by atoms with van der Waals surface area (Å²) >= 11 is 1.64. The maximum absolute atomic E-state index is 12.6. The Morgan fingerprint density at radius 1 is 1.43 bits per heavy atom. The molecule has 1 saturated heterocycles. The Labute approximate surface area is 128 Å². The number of aryl methyl sites for hydroxylation is 1. The molecule has 1 N–H and O–H groups in total. The van der Waals surface area contributed by atoms with Crippen LogP contribution in [0.2, 0.25) is 0 Å². The molecule has 2 atom stereocenters. The van der Waals surface area contributed by atoms with E-state index < -0.39 is 5.97 Å². The number of carboxylic acids is 1.